The summed E-state index contributed by atoms with van der Waals surface area (Å²) >= 11 is 0. The van der Waals surface area contributed by atoms with E-state index in [1.54, 1.807) is 25.7 Å². The number of likely N-dealkylation sites (tertiary alicyclic amines) is 1. The number of hydrogen-bond acceptors (Lipinski definition) is 4. The molecule has 1 atom stereocenters. The molecule has 0 aromatic carbocycles. The van der Waals surface area contributed by atoms with E-state index in [1.165, 1.54) is 0 Å². The smallest absolute Gasteiger partial charge is 0.408 e. The van der Waals surface area contributed by atoms with Gasteiger partial charge in [-0.05, 0) is 26.7 Å². The van der Waals surface area contributed by atoms with Crippen LogP contribution in [0.2, 0.25) is 0 Å². The lowest BCUT2D eigenvalue weighted by Gasteiger charge is -2.38. The molecule has 0 aromatic rings. The zero-order valence-electron chi connectivity index (χ0n) is 12.8. The fourth-order valence-corrected chi connectivity index (χ4v) is 1.88. The number of amides is 2. The number of hydrogen-bond donors (Lipinski definition) is 1. The van der Waals surface area contributed by atoms with Gasteiger partial charge in [-0.2, -0.15) is 5.26 Å². The lowest BCUT2D eigenvalue weighted by Crippen LogP contribution is -2.58. The summed E-state index contributed by atoms with van der Waals surface area (Å²) in [6, 6.07) is 1.50. The second-order valence-corrected chi connectivity index (χ2v) is 6.44. The molecule has 0 aromatic heterocycles. The Balaban J connectivity index is 2.59. The lowest BCUT2D eigenvalue weighted by atomic mass is 9.97. The Morgan fingerprint density at radius 1 is 1.35 bits per heavy atom. The number of rotatable bonds is 3. The molecule has 20 heavy (non-hydrogen) atoms. The number of alkyl carbamates (subject to hydrolysis) is 1. The minimum atomic E-state index is -0.621. The maximum absolute atomic E-state index is 12.3. The second kappa shape index (κ2) is 6.12. The van der Waals surface area contributed by atoms with Crippen LogP contribution in [0.25, 0.3) is 0 Å². The van der Waals surface area contributed by atoms with Gasteiger partial charge in [-0.25, -0.2) is 4.79 Å². The van der Waals surface area contributed by atoms with Gasteiger partial charge >= 0.3 is 6.09 Å². The average molecular weight is 281 g/mol. The van der Waals surface area contributed by atoms with E-state index in [0.717, 1.165) is 0 Å². The lowest BCUT2D eigenvalue weighted by molar-refractivity contribution is -0.139. The zero-order valence-corrected chi connectivity index (χ0v) is 12.8. The predicted octanol–water partition coefficient (Wildman–Crippen LogP) is 1.52. The van der Waals surface area contributed by atoms with Gasteiger partial charge in [-0.3, -0.25) is 4.79 Å². The first kappa shape index (κ1) is 16.3. The highest BCUT2D eigenvalue weighted by Crippen LogP contribution is 2.18. The number of ether oxygens (including phenoxy) is 1. The second-order valence-electron chi connectivity index (χ2n) is 6.44. The van der Waals surface area contributed by atoms with E-state index in [4.69, 9.17) is 10.00 Å². The zero-order chi connectivity index (χ0) is 15.5. The van der Waals surface area contributed by atoms with Gasteiger partial charge in [0.05, 0.1) is 12.0 Å². The van der Waals surface area contributed by atoms with E-state index in [2.05, 4.69) is 11.4 Å². The van der Waals surface area contributed by atoms with Crippen molar-refractivity contribution in [2.45, 2.75) is 46.3 Å². The summed E-state index contributed by atoms with van der Waals surface area (Å²) in [5.74, 6) is -0.290. The first-order valence-electron chi connectivity index (χ1n) is 6.82. The number of nitriles is 1. The summed E-state index contributed by atoms with van der Waals surface area (Å²) in [6.45, 7) is 9.91. The molecule has 1 aliphatic heterocycles. The van der Waals surface area contributed by atoms with E-state index in [-0.39, 0.29) is 17.7 Å². The summed E-state index contributed by atoms with van der Waals surface area (Å²) in [5.41, 5.74) is -0.600. The van der Waals surface area contributed by atoms with Crippen LogP contribution in [-0.4, -0.2) is 41.6 Å². The number of nitrogens with zero attached hydrogens (tertiary/aromatic N) is 2. The summed E-state index contributed by atoms with van der Waals surface area (Å²) in [6.07, 6.45) is -0.595. The SMILES string of the molecule is CC(C)[C@@H](NC(=O)OC(C)(C)C)C(=O)N1CC(C#N)C1. The van der Waals surface area contributed by atoms with Crippen molar-refractivity contribution in [1.82, 2.24) is 10.2 Å². The maximum atomic E-state index is 12.3. The van der Waals surface area contributed by atoms with Crippen LogP contribution in [-0.2, 0) is 9.53 Å². The highest BCUT2D eigenvalue weighted by atomic mass is 16.6. The highest BCUT2D eigenvalue weighted by molar-refractivity contribution is 5.86. The van der Waals surface area contributed by atoms with Crippen LogP contribution in [0.15, 0.2) is 0 Å². The Labute approximate surface area is 120 Å². The van der Waals surface area contributed by atoms with Crippen molar-refractivity contribution in [1.29, 1.82) is 5.26 Å². The molecule has 1 heterocycles. The van der Waals surface area contributed by atoms with Crippen molar-refractivity contribution in [3.8, 4) is 6.07 Å². The largest absolute Gasteiger partial charge is 0.444 e. The van der Waals surface area contributed by atoms with E-state index in [1.807, 2.05) is 13.8 Å². The summed E-state index contributed by atoms with van der Waals surface area (Å²) in [4.78, 5) is 25.6. The molecule has 0 aliphatic carbocycles. The molecule has 112 valence electrons. The molecule has 0 saturated carbocycles. The molecule has 0 radical (unpaired) electrons. The Bertz CT molecular complexity index is 414. The Hall–Kier alpha value is -1.77. The molecule has 0 unspecified atom stereocenters. The van der Waals surface area contributed by atoms with Gasteiger partial charge in [0.1, 0.15) is 11.6 Å². The third-order valence-corrected chi connectivity index (χ3v) is 2.98. The highest BCUT2D eigenvalue weighted by Gasteiger charge is 2.36. The molecule has 6 nitrogen and oxygen atoms in total. The van der Waals surface area contributed by atoms with Crippen molar-refractivity contribution < 1.29 is 14.3 Å². The van der Waals surface area contributed by atoms with E-state index in [9.17, 15) is 9.59 Å². The molecule has 1 N–H and O–H groups in total. The van der Waals surface area contributed by atoms with Crippen molar-refractivity contribution in [3.63, 3.8) is 0 Å². The molecule has 2 amide bonds. The predicted molar refractivity (Wildman–Crippen MR) is 73.7 cm³/mol. The third kappa shape index (κ3) is 4.41. The minimum Gasteiger partial charge on any atom is -0.444 e. The van der Waals surface area contributed by atoms with E-state index >= 15 is 0 Å². The quantitative estimate of drug-likeness (QED) is 0.850. The average Bonchev–Trinajstić information content (AvgIpc) is 2.21. The van der Waals surface area contributed by atoms with Crippen LogP contribution >= 0.6 is 0 Å². The summed E-state index contributed by atoms with van der Waals surface area (Å²) in [7, 11) is 0. The molecule has 1 saturated heterocycles. The summed E-state index contributed by atoms with van der Waals surface area (Å²) < 4.78 is 5.17. The number of carbonyl (C=O) groups excluding carboxylic acids is 2. The fourth-order valence-electron chi connectivity index (χ4n) is 1.88. The van der Waals surface area contributed by atoms with Gasteiger partial charge in [0.2, 0.25) is 5.91 Å². The Morgan fingerprint density at radius 2 is 1.90 bits per heavy atom. The van der Waals surface area contributed by atoms with Crippen LogP contribution in [0.3, 0.4) is 0 Å². The normalized spacial score (nSPS) is 17.1. The topological polar surface area (TPSA) is 82.4 Å². The van der Waals surface area contributed by atoms with Crippen molar-refractivity contribution in [3.05, 3.63) is 0 Å². The fraction of sp³-hybridized carbons (Fsp3) is 0.786. The molecule has 1 rings (SSSR count). The summed E-state index contributed by atoms with van der Waals surface area (Å²) in [5, 5.41) is 11.3. The Morgan fingerprint density at radius 3 is 2.30 bits per heavy atom. The first-order chi connectivity index (χ1) is 9.14. The van der Waals surface area contributed by atoms with Gasteiger partial charge in [0.25, 0.3) is 0 Å². The van der Waals surface area contributed by atoms with Gasteiger partial charge in [0.15, 0.2) is 0 Å². The standard InChI is InChI=1S/C14H23N3O3/c1-9(2)11(16-13(19)20-14(3,4)5)12(18)17-7-10(6-15)8-17/h9-11H,7-8H2,1-5H3,(H,16,19)/t11-/m1/s1. The van der Waals surface area contributed by atoms with Crippen molar-refractivity contribution in [2.75, 3.05) is 13.1 Å². The van der Waals surface area contributed by atoms with E-state index in [0.29, 0.717) is 13.1 Å². The van der Waals surface area contributed by atoms with Crippen LogP contribution in [0.5, 0.6) is 0 Å². The minimum absolute atomic E-state index is 0.0452. The molecular formula is C14H23N3O3. The molecule has 0 bridgehead atoms. The number of nitrogens with one attached hydrogen (secondary N) is 1. The van der Waals surface area contributed by atoms with Crippen LogP contribution < -0.4 is 5.32 Å². The number of carbonyl (C=O) groups is 2. The third-order valence-electron chi connectivity index (χ3n) is 2.98. The van der Waals surface area contributed by atoms with Crippen LogP contribution in [0, 0.1) is 23.2 Å². The molecule has 1 fully saturated rings. The van der Waals surface area contributed by atoms with Gasteiger partial charge < -0.3 is 15.0 Å². The van der Waals surface area contributed by atoms with Gasteiger partial charge in [-0.1, -0.05) is 13.8 Å². The van der Waals surface area contributed by atoms with Crippen molar-refractivity contribution >= 4 is 12.0 Å². The van der Waals surface area contributed by atoms with Crippen molar-refractivity contribution in [2.24, 2.45) is 11.8 Å². The molecule has 0 spiro atoms. The molecule has 1 aliphatic rings. The van der Waals surface area contributed by atoms with Crippen LogP contribution in [0.1, 0.15) is 34.6 Å². The Kier molecular flexibility index (Phi) is 4.98. The monoisotopic (exact) mass is 281 g/mol. The van der Waals surface area contributed by atoms with E-state index < -0.39 is 17.7 Å². The first-order valence-corrected chi connectivity index (χ1v) is 6.82. The maximum Gasteiger partial charge on any atom is 0.408 e. The van der Waals surface area contributed by atoms with Crippen LogP contribution in [0.4, 0.5) is 4.79 Å². The molecular weight excluding hydrogens is 258 g/mol. The van der Waals surface area contributed by atoms with Gasteiger partial charge in [-0.15, -0.1) is 0 Å². The van der Waals surface area contributed by atoms with Gasteiger partial charge in [0, 0.05) is 13.1 Å². The molecule has 6 heteroatoms.